The molecule has 1 heterocycles. The first-order valence-electron chi connectivity index (χ1n) is 6.21. The summed E-state index contributed by atoms with van der Waals surface area (Å²) in [5.74, 6) is -0.371. The lowest BCUT2D eigenvalue weighted by Crippen LogP contribution is -2.25. The predicted molar refractivity (Wildman–Crippen MR) is 80.5 cm³/mol. The van der Waals surface area contributed by atoms with Crippen LogP contribution in [0.2, 0.25) is 0 Å². The Hall–Kier alpha value is -2.14. The van der Waals surface area contributed by atoms with Gasteiger partial charge in [-0.1, -0.05) is 6.07 Å². The van der Waals surface area contributed by atoms with Crippen LogP contribution in [0.15, 0.2) is 42.7 Å². The molecule has 1 aromatic heterocycles. The van der Waals surface area contributed by atoms with Gasteiger partial charge in [-0.05, 0) is 36.2 Å². The molecule has 0 radical (unpaired) electrons. The maximum Gasteiger partial charge on any atom is 0.252 e. The Morgan fingerprint density at radius 2 is 2.19 bits per heavy atom. The standard InChI is InChI=1S/C15H15FN2O2.ClH/c1-20-14-5-4-11(9-13(14)16)6-8-18-15(19)12-3-2-7-17-10-12;/h2-5,7,9-10H,6,8H2,1H3,(H,18,19);1H. The van der Waals surface area contributed by atoms with E-state index in [2.05, 4.69) is 10.3 Å². The highest BCUT2D eigenvalue weighted by Gasteiger charge is 2.06. The molecular weight excluding hydrogens is 295 g/mol. The monoisotopic (exact) mass is 310 g/mol. The number of halogens is 2. The Labute approximate surface area is 128 Å². The van der Waals surface area contributed by atoms with Crippen LogP contribution in [-0.4, -0.2) is 24.5 Å². The average Bonchev–Trinajstić information content (AvgIpc) is 2.48. The van der Waals surface area contributed by atoms with Gasteiger partial charge in [-0.25, -0.2) is 4.39 Å². The molecule has 2 aromatic rings. The van der Waals surface area contributed by atoms with Crippen LogP contribution in [0, 0.1) is 5.82 Å². The van der Waals surface area contributed by atoms with Crippen molar-refractivity contribution in [1.82, 2.24) is 10.3 Å². The second kappa shape index (κ2) is 8.21. The molecule has 0 atom stereocenters. The number of hydrogen-bond acceptors (Lipinski definition) is 3. The second-order valence-electron chi connectivity index (χ2n) is 4.22. The van der Waals surface area contributed by atoms with Gasteiger partial charge in [-0.15, -0.1) is 12.4 Å². The highest BCUT2D eigenvalue weighted by atomic mass is 35.5. The van der Waals surface area contributed by atoms with Crippen molar-refractivity contribution in [2.45, 2.75) is 6.42 Å². The minimum absolute atomic E-state index is 0. The van der Waals surface area contributed by atoms with E-state index in [1.807, 2.05) is 0 Å². The van der Waals surface area contributed by atoms with Crippen LogP contribution in [0.1, 0.15) is 15.9 Å². The van der Waals surface area contributed by atoms with Crippen LogP contribution < -0.4 is 10.1 Å². The van der Waals surface area contributed by atoms with Gasteiger partial charge in [0.25, 0.3) is 5.91 Å². The van der Waals surface area contributed by atoms with Crippen LogP contribution in [-0.2, 0) is 6.42 Å². The summed E-state index contributed by atoms with van der Waals surface area (Å²) in [4.78, 5) is 15.6. The van der Waals surface area contributed by atoms with Crippen LogP contribution in [0.5, 0.6) is 5.75 Å². The summed E-state index contributed by atoms with van der Waals surface area (Å²) in [6.07, 6.45) is 3.66. The summed E-state index contributed by atoms with van der Waals surface area (Å²) in [7, 11) is 1.42. The highest BCUT2D eigenvalue weighted by molar-refractivity contribution is 5.93. The number of carbonyl (C=O) groups excluding carboxylic acids is 1. The summed E-state index contributed by atoms with van der Waals surface area (Å²) in [6.45, 7) is 0.430. The Morgan fingerprint density at radius 1 is 1.38 bits per heavy atom. The van der Waals surface area contributed by atoms with Crippen molar-refractivity contribution in [3.05, 3.63) is 59.7 Å². The molecule has 4 nitrogen and oxygen atoms in total. The van der Waals surface area contributed by atoms with Crippen LogP contribution in [0.3, 0.4) is 0 Å². The van der Waals surface area contributed by atoms with Crippen LogP contribution >= 0.6 is 12.4 Å². The number of nitrogens with zero attached hydrogens (tertiary/aromatic N) is 1. The molecule has 0 spiro atoms. The summed E-state index contributed by atoms with van der Waals surface area (Å²) in [5.41, 5.74) is 1.31. The lowest BCUT2D eigenvalue weighted by atomic mass is 10.1. The largest absolute Gasteiger partial charge is 0.494 e. The third kappa shape index (κ3) is 4.72. The average molecular weight is 311 g/mol. The molecule has 0 bridgehead atoms. The topological polar surface area (TPSA) is 51.2 Å². The first-order valence-corrected chi connectivity index (χ1v) is 6.21. The van der Waals surface area contributed by atoms with E-state index in [-0.39, 0.29) is 24.1 Å². The lowest BCUT2D eigenvalue weighted by molar-refractivity contribution is 0.0954. The predicted octanol–water partition coefficient (Wildman–Crippen LogP) is 2.62. The Kier molecular flexibility index (Phi) is 6.62. The van der Waals surface area contributed by atoms with Gasteiger partial charge in [0.15, 0.2) is 11.6 Å². The van der Waals surface area contributed by atoms with Crippen LogP contribution in [0.4, 0.5) is 4.39 Å². The number of hydrogen-bond donors (Lipinski definition) is 1. The van der Waals surface area contributed by atoms with E-state index in [1.54, 1.807) is 30.5 Å². The van der Waals surface area contributed by atoms with E-state index in [4.69, 9.17) is 4.74 Å². The van der Waals surface area contributed by atoms with Crippen LogP contribution in [0.25, 0.3) is 0 Å². The second-order valence-corrected chi connectivity index (χ2v) is 4.22. The van der Waals surface area contributed by atoms with Crippen molar-refractivity contribution >= 4 is 18.3 Å². The van der Waals surface area contributed by atoms with Gasteiger partial charge in [0.1, 0.15) is 0 Å². The number of aromatic nitrogens is 1. The highest BCUT2D eigenvalue weighted by Crippen LogP contribution is 2.17. The molecule has 0 aliphatic rings. The van der Waals surface area contributed by atoms with Crippen molar-refractivity contribution < 1.29 is 13.9 Å². The van der Waals surface area contributed by atoms with Gasteiger partial charge < -0.3 is 10.1 Å². The van der Waals surface area contributed by atoms with Crippen molar-refractivity contribution in [3.8, 4) is 5.75 Å². The number of methoxy groups -OCH3 is 1. The van der Waals surface area contributed by atoms with Gasteiger partial charge in [-0.2, -0.15) is 0 Å². The number of pyridine rings is 1. The number of ether oxygens (including phenoxy) is 1. The minimum atomic E-state index is -0.399. The molecule has 112 valence electrons. The van der Waals surface area contributed by atoms with E-state index < -0.39 is 5.82 Å². The SMILES string of the molecule is COc1ccc(CCNC(=O)c2cccnc2)cc1F.Cl. The zero-order chi connectivity index (χ0) is 14.4. The van der Waals surface area contributed by atoms with Gasteiger partial charge in [0, 0.05) is 18.9 Å². The summed E-state index contributed by atoms with van der Waals surface area (Å²) in [6, 6.07) is 8.16. The Morgan fingerprint density at radius 3 is 2.81 bits per heavy atom. The molecule has 0 aliphatic carbocycles. The number of rotatable bonds is 5. The van der Waals surface area contributed by atoms with Gasteiger partial charge >= 0.3 is 0 Å². The molecule has 0 unspecified atom stereocenters. The minimum Gasteiger partial charge on any atom is -0.494 e. The van der Waals surface area contributed by atoms with E-state index in [0.717, 1.165) is 5.56 Å². The molecule has 0 saturated carbocycles. The molecule has 1 N–H and O–H groups in total. The first-order chi connectivity index (χ1) is 9.70. The maximum absolute atomic E-state index is 13.5. The number of amides is 1. The van der Waals surface area contributed by atoms with Crippen molar-refractivity contribution in [3.63, 3.8) is 0 Å². The van der Waals surface area contributed by atoms with Gasteiger partial charge in [0.05, 0.1) is 12.7 Å². The summed E-state index contributed by atoms with van der Waals surface area (Å²) >= 11 is 0. The number of nitrogens with one attached hydrogen (secondary N) is 1. The van der Waals surface area contributed by atoms with E-state index in [9.17, 15) is 9.18 Å². The zero-order valence-corrected chi connectivity index (χ0v) is 12.3. The molecule has 21 heavy (non-hydrogen) atoms. The lowest BCUT2D eigenvalue weighted by Gasteiger charge is -2.07. The smallest absolute Gasteiger partial charge is 0.252 e. The normalized spacial score (nSPS) is 9.62. The fourth-order valence-corrected chi connectivity index (χ4v) is 1.78. The van der Waals surface area contributed by atoms with Gasteiger partial charge in [-0.3, -0.25) is 9.78 Å². The fourth-order valence-electron chi connectivity index (χ4n) is 1.78. The zero-order valence-electron chi connectivity index (χ0n) is 11.5. The molecule has 1 amide bonds. The van der Waals surface area contributed by atoms with Crippen molar-refractivity contribution in [2.24, 2.45) is 0 Å². The molecule has 6 heteroatoms. The first kappa shape index (κ1) is 16.9. The molecule has 2 rings (SSSR count). The Balaban J connectivity index is 0.00000220. The Bertz CT molecular complexity index is 593. The quantitative estimate of drug-likeness (QED) is 0.923. The third-order valence-corrected chi connectivity index (χ3v) is 2.84. The molecular formula is C15H16ClFN2O2. The third-order valence-electron chi connectivity index (χ3n) is 2.84. The van der Waals surface area contributed by atoms with E-state index >= 15 is 0 Å². The molecule has 0 aliphatic heterocycles. The fraction of sp³-hybridized carbons (Fsp3) is 0.200. The molecule has 0 fully saturated rings. The van der Waals surface area contributed by atoms with E-state index in [1.165, 1.54) is 19.4 Å². The number of carbonyl (C=O) groups is 1. The number of benzene rings is 1. The summed E-state index contributed by atoms with van der Waals surface area (Å²) in [5, 5.41) is 2.76. The van der Waals surface area contributed by atoms with Crippen molar-refractivity contribution in [2.75, 3.05) is 13.7 Å². The van der Waals surface area contributed by atoms with E-state index in [0.29, 0.717) is 18.5 Å². The van der Waals surface area contributed by atoms with Gasteiger partial charge in [0.2, 0.25) is 0 Å². The van der Waals surface area contributed by atoms with Crippen molar-refractivity contribution in [1.29, 1.82) is 0 Å². The molecule has 0 saturated heterocycles. The summed E-state index contributed by atoms with van der Waals surface area (Å²) < 4.78 is 18.3. The maximum atomic E-state index is 13.5. The molecule has 1 aromatic carbocycles.